The van der Waals surface area contributed by atoms with Crippen LogP contribution < -0.4 is 0 Å². The predicted octanol–water partition coefficient (Wildman–Crippen LogP) is 7.85. The first-order valence-corrected chi connectivity index (χ1v) is 7.40. The number of hydrogen-bond acceptors (Lipinski definition) is 0. The van der Waals surface area contributed by atoms with Gasteiger partial charge in [-0.2, -0.15) is 0 Å². The van der Waals surface area contributed by atoms with Gasteiger partial charge in [-0.3, -0.25) is 0 Å². The smallest absolute Gasteiger partial charge is 0.0184 e. The normalized spacial score (nSPS) is 7.27. The van der Waals surface area contributed by atoms with E-state index in [1.165, 1.54) is 10.8 Å². The summed E-state index contributed by atoms with van der Waals surface area (Å²) in [6.07, 6.45) is 0. The van der Waals surface area contributed by atoms with Gasteiger partial charge < -0.3 is 0 Å². The third-order valence-corrected chi connectivity index (χ3v) is 2.33. The maximum atomic E-state index is 2.12. The molecule has 0 aliphatic heterocycles. The van der Waals surface area contributed by atoms with Crippen molar-refractivity contribution < 1.29 is 0 Å². The van der Waals surface area contributed by atoms with Crippen molar-refractivity contribution in [3.05, 3.63) is 84.9 Å². The third kappa shape index (κ3) is 10.7. The van der Waals surface area contributed by atoms with Gasteiger partial charge in [-0.25, -0.2) is 0 Å². The van der Waals surface area contributed by atoms with E-state index in [2.05, 4.69) is 48.5 Å². The standard InChI is InChI=1S/C10H8.C6H6.2C2H6.2CH4/c1-2-6-10-8-4-3-7-9(10)5-1;1-2-4-6-5-3-1;2*1-2;;/h1-8H;1-6H;2*1-2H3;2*1H4. The Bertz CT molecular complexity index is 434. The summed E-state index contributed by atoms with van der Waals surface area (Å²) in [5, 5.41) is 2.62. The van der Waals surface area contributed by atoms with Crippen LogP contribution in [-0.4, -0.2) is 0 Å². The summed E-state index contributed by atoms with van der Waals surface area (Å²) in [5.41, 5.74) is 0. The topological polar surface area (TPSA) is 0 Å². The van der Waals surface area contributed by atoms with Gasteiger partial charge in [-0.1, -0.05) is 127 Å². The highest BCUT2D eigenvalue weighted by molar-refractivity contribution is 5.81. The van der Waals surface area contributed by atoms with Crippen LogP contribution in [0.1, 0.15) is 42.5 Å². The van der Waals surface area contributed by atoms with Crippen LogP contribution in [0.4, 0.5) is 0 Å². The van der Waals surface area contributed by atoms with Gasteiger partial charge >= 0.3 is 0 Å². The molecule has 0 N–H and O–H groups in total. The van der Waals surface area contributed by atoms with Crippen LogP contribution in [0.25, 0.3) is 10.8 Å². The fraction of sp³-hybridized carbons (Fsp3) is 0.273. The maximum absolute atomic E-state index is 2.12. The first-order chi connectivity index (χ1) is 9.97. The van der Waals surface area contributed by atoms with E-state index < -0.39 is 0 Å². The minimum Gasteiger partial charge on any atom is -0.0776 e. The van der Waals surface area contributed by atoms with Crippen molar-refractivity contribution >= 4 is 10.8 Å². The van der Waals surface area contributed by atoms with Gasteiger partial charge in [0.1, 0.15) is 0 Å². The predicted molar refractivity (Wildman–Crippen MR) is 107 cm³/mol. The molecule has 122 valence electrons. The molecular formula is C22H34. The van der Waals surface area contributed by atoms with Crippen molar-refractivity contribution in [2.45, 2.75) is 42.5 Å². The average molecular weight is 299 g/mol. The number of hydrogen-bond donors (Lipinski definition) is 0. The molecule has 0 saturated heterocycles. The molecule has 0 aromatic heterocycles. The van der Waals surface area contributed by atoms with Crippen LogP contribution in [0, 0.1) is 0 Å². The zero-order valence-electron chi connectivity index (χ0n) is 13.1. The molecule has 3 aromatic rings. The van der Waals surface area contributed by atoms with Crippen LogP contribution in [0.5, 0.6) is 0 Å². The maximum Gasteiger partial charge on any atom is -0.0184 e. The lowest BCUT2D eigenvalue weighted by Crippen LogP contribution is -1.67. The van der Waals surface area contributed by atoms with Gasteiger partial charge in [0.2, 0.25) is 0 Å². The Morgan fingerprint density at radius 1 is 0.364 bits per heavy atom. The van der Waals surface area contributed by atoms with Crippen LogP contribution in [0.15, 0.2) is 84.9 Å². The molecule has 0 atom stereocenters. The van der Waals surface area contributed by atoms with E-state index in [1.807, 2.05) is 64.1 Å². The highest BCUT2D eigenvalue weighted by atomic mass is 13.9. The monoisotopic (exact) mass is 298 g/mol. The summed E-state index contributed by atoms with van der Waals surface area (Å²) in [6.45, 7) is 8.00. The fourth-order valence-electron chi connectivity index (χ4n) is 1.52. The van der Waals surface area contributed by atoms with Crippen LogP contribution in [-0.2, 0) is 0 Å². The number of rotatable bonds is 0. The van der Waals surface area contributed by atoms with Crippen molar-refractivity contribution in [1.29, 1.82) is 0 Å². The van der Waals surface area contributed by atoms with Gasteiger partial charge in [-0.15, -0.1) is 0 Å². The molecule has 0 aliphatic carbocycles. The van der Waals surface area contributed by atoms with Crippen molar-refractivity contribution in [3.8, 4) is 0 Å². The highest BCUT2D eigenvalue weighted by Crippen LogP contribution is 2.11. The van der Waals surface area contributed by atoms with Crippen molar-refractivity contribution in [3.63, 3.8) is 0 Å². The molecule has 3 rings (SSSR count). The zero-order valence-corrected chi connectivity index (χ0v) is 13.1. The summed E-state index contributed by atoms with van der Waals surface area (Å²) >= 11 is 0. The molecule has 0 radical (unpaired) electrons. The van der Waals surface area contributed by atoms with Gasteiger partial charge in [0.05, 0.1) is 0 Å². The van der Waals surface area contributed by atoms with Gasteiger partial charge in [0, 0.05) is 0 Å². The Labute approximate surface area is 138 Å². The summed E-state index contributed by atoms with van der Waals surface area (Å²) in [7, 11) is 0. The Morgan fingerprint density at radius 3 is 0.727 bits per heavy atom. The van der Waals surface area contributed by atoms with E-state index in [0.29, 0.717) is 0 Å². The molecule has 0 fully saturated rings. The summed E-state index contributed by atoms with van der Waals surface area (Å²) in [6, 6.07) is 28.7. The second-order valence-corrected chi connectivity index (χ2v) is 3.50. The van der Waals surface area contributed by atoms with Crippen LogP contribution in [0.2, 0.25) is 0 Å². The minimum absolute atomic E-state index is 0. The third-order valence-electron chi connectivity index (χ3n) is 2.33. The number of fused-ring (bicyclic) bond motifs is 1. The lowest BCUT2D eigenvalue weighted by molar-refractivity contribution is 1.50. The largest absolute Gasteiger partial charge is 0.0776 e. The quantitative estimate of drug-likeness (QED) is 0.396. The molecule has 0 spiro atoms. The van der Waals surface area contributed by atoms with E-state index in [4.69, 9.17) is 0 Å². The fourth-order valence-corrected chi connectivity index (χ4v) is 1.52. The molecule has 0 bridgehead atoms. The van der Waals surface area contributed by atoms with E-state index in [9.17, 15) is 0 Å². The summed E-state index contributed by atoms with van der Waals surface area (Å²) in [4.78, 5) is 0. The molecule has 0 aliphatic rings. The Kier molecular flexibility index (Phi) is 21.4. The van der Waals surface area contributed by atoms with E-state index in [1.54, 1.807) is 0 Å². The number of benzene rings is 3. The second kappa shape index (κ2) is 18.9. The molecule has 3 aromatic carbocycles. The second-order valence-electron chi connectivity index (χ2n) is 3.50. The SMILES string of the molecule is C.C.CC.CC.c1ccc2ccccc2c1.c1ccccc1. The van der Waals surface area contributed by atoms with E-state index >= 15 is 0 Å². The molecule has 0 heteroatoms. The molecule has 0 unspecified atom stereocenters. The van der Waals surface area contributed by atoms with Crippen molar-refractivity contribution in [2.75, 3.05) is 0 Å². The first-order valence-electron chi connectivity index (χ1n) is 7.40. The molecule has 0 nitrogen and oxygen atoms in total. The van der Waals surface area contributed by atoms with Crippen LogP contribution in [0.3, 0.4) is 0 Å². The molecule has 0 saturated carbocycles. The average Bonchev–Trinajstić information content (AvgIpc) is 2.61. The molecule has 22 heavy (non-hydrogen) atoms. The first kappa shape index (κ1) is 24.9. The van der Waals surface area contributed by atoms with Gasteiger partial charge in [0.15, 0.2) is 0 Å². The summed E-state index contributed by atoms with van der Waals surface area (Å²) < 4.78 is 0. The van der Waals surface area contributed by atoms with Crippen molar-refractivity contribution in [1.82, 2.24) is 0 Å². The Balaban J connectivity index is -0.000000264. The van der Waals surface area contributed by atoms with E-state index in [-0.39, 0.29) is 14.9 Å². The Hall–Kier alpha value is -2.08. The van der Waals surface area contributed by atoms with Gasteiger partial charge in [-0.05, 0) is 10.8 Å². The van der Waals surface area contributed by atoms with Gasteiger partial charge in [0.25, 0.3) is 0 Å². The lowest BCUT2D eigenvalue weighted by Gasteiger charge is -1.92. The molecule has 0 heterocycles. The van der Waals surface area contributed by atoms with E-state index in [0.717, 1.165) is 0 Å². The van der Waals surface area contributed by atoms with Crippen molar-refractivity contribution in [2.24, 2.45) is 0 Å². The lowest BCUT2D eigenvalue weighted by atomic mass is 10.1. The zero-order chi connectivity index (χ0) is 15.1. The minimum atomic E-state index is 0. The van der Waals surface area contributed by atoms with Crippen LogP contribution >= 0.6 is 0 Å². The highest BCUT2D eigenvalue weighted by Gasteiger charge is 1.85. The molecular weight excluding hydrogens is 264 g/mol. The Morgan fingerprint density at radius 2 is 0.545 bits per heavy atom. The summed E-state index contributed by atoms with van der Waals surface area (Å²) in [5.74, 6) is 0. The molecule has 0 amide bonds.